The predicted molar refractivity (Wildman–Crippen MR) is 72.4 cm³/mol. The number of aryl methyl sites for hydroxylation is 1. The third-order valence-electron chi connectivity index (χ3n) is 2.31. The van der Waals surface area contributed by atoms with E-state index in [1.807, 2.05) is 0 Å². The summed E-state index contributed by atoms with van der Waals surface area (Å²) in [6, 6.07) is 0.631. The van der Waals surface area contributed by atoms with Crippen molar-refractivity contribution >= 4 is 23.3 Å². The summed E-state index contributed by atoms with van der Waals surface area (Å²) in [7, 11) is 0. The summed E-state index contributed by atoms with van der Waals surface area (Å²) in [4.78, 5) is 4.42. The lowest BCUT2D eigenvalue weighted by atomic mass is 10.2. The number of hydrogen-bond acceptors (Lipinski definition) is 5. The highest BCUT2D eigenvalue weighted by molar-refractivity contribution is 8.00. The molecule has 16 heavy (non-hydrogen) atoms. The molecule has 0 saturated carbocycles. The Hall–Kier alpha value is -0.130. The monoisotopic (exact) mass is 259 g/mol. The number of aromatic nitrogens is 2. The fourth-order valence-corrected chi connectivity index (χ4v) is 3.06. The zero-order valence-corrected chi connectivity index (χ0v) is 12.0. The summed E-state index contributed by atoms with van der Waals surface area (Å²) in [6.07, 6.45) is 3.43. The highest BCUT2D eigenvalue weighted by atomic mass is 32.2. The van der Waals surface area contributed by atoms with Crippen molar-refractivity contribution < 1.29 is 0 Å². The van der Waals surface area contributed by atoms with E-state index >= 15 is 0 Å². The lowest BCUT2D eigenvalue weighted by molar-refractivity contribution is 0.526. The molecule has 1 atom stereocenters. The highest BCUT2D eigenvalue weighted by Crippen LogP contribution is 2.19. The van der Waals surface area contributed by atoms with E-state index < -0.39 is 0 Å². The van der Waals surface area contributed by atoms with Crippen LogP contribution in [0.25, 0.3) is 0 Å². The molecule has 0 spiro atoms. The van der Waals surface area contributed by atoms with Crippen LogP contribution in [-0.2, 0) is 6.42 Å². The van der Waals surface area contributed by atoms with Gasteiger partial charge in [-0.15, -0.1) is 0 Å². The Labute approximate surface area is 107 Å². The molecule has 0 aromatic carbocycles. The van der Waals surface area contributed by atoms with E-state index in [-0.39, 0.29) is 0 Å². The molecule has 3 nitrogen and oxygen atoms in total. The van der Waals surface area contributed by atoms with Crippen molar-refractivity contribution in [2.75, 3.05) is 12.3 Å². The second-order valence-electron chi connectivity index (χ2n) is 3.82. The highest BCUT2D eigenvalue weighted by Gasteiger charge is 2.03. The predicted octanol–water partition coefficient (Wildman–Crippen LogP) is 2.97. The van der Waals surface area contributed by atoms with Gasteiger partial charge in [-0.3, -0.25) is 0 Å². The van der Waals surface area contributed by atoms with Gasteiger partial charge in [-0.1, -0.05) is 32.0 Å². The van der Waals surface area contributed by atoms with Gasteiger partial charge < -0.3 is 5.32 Å². The van der Waals surface area contributed by atoms with Crippen molar-refractivity contribution in [1.82, 2.24) is 14.7 Å². The molecule has 1 heterocycles. The van der Waals surface area contributed by atoms with Crippen molar-refractivity contribution in [1.29, 1.82) is 0 Å². The SMILES string of the molecule is CCCC(C)NCCSc1nc(CC)ns1. The maximum absolute atomic E-state index is 4.42. The van der Waals surface area contributed by atoms with Crippen LogP contribution in [0, 0.1) is 0 Å². The van der Waals surface area contributed by atoms with E-state index in [0.29, 0.717) is 6.04 Å². The maximum Gasteiger partial charge on any atom is 0.170 e. The Morgan fingerprint density at radius 3 is 2.88 bits per heavy atom. The van der Waals surface area contributed by atoms with Crippen LogP contribution >= 0.6 is 23.3 Å². The standard InChI is InChI=1S/C11H21N3S2/c1-4-6-9(3)12-7-8-15-11-13-10(5-2)14-16-11/h9,12H,4-8H2,1-3H3. The third-order valence-corrected chi connectivity index (χ3v) is 4.18. The zero-order valence-electron chi connectivity index (χ0n) is 10.3. The molecule has 1 aromatic rings. The van der Waals surface area contributed by atoms with Crippen molar-refractivity contribution in [2.45, 2.75) is 50.4 Å². The van der Waals surface area contributed by atoms with Crippen LogP contribution in [0.5, 0.6) is 0 Å². The summed E-state index contributed by atoms with van der Waals surface area (Å²) in [5.74, 6) is 2.05. The van der Waals surface area contributed by atoms with Crippen LogP contribution in [0.3, 0.4) is 0 Å². The number of thioether (sulfide) groups is 1. The van der Waals surface area contributed by atoms with Gasteiger partial charge in [-0.05, 0) is 24.9 Å². The van der Waals surface area contributed by atoms with E-state index in [1.165, 1.54) is 24.4 Å². The first-order chi connectivity index (χ1) is 7.76. The number of hydrogen-bond donors (Lipinski definition) is 1. The molecule has 92 valence electrons. The van der Waals surface area contributed by atoms with E-state index in [9.17, 15) is 0 Å². The summed E-state index contributed by atoms with van der Waals surface area (Å²) < 4.78 is 5.37. The van der Waals surface area contributed by atoms with Crippen molar-refractivity contribution in [2.24, 2.45) is 0 Å². The fraction of sp³-hybridized carbons (Fsp3) is 0.818. The maximum atomic E-state index is 4.42. The minimum atomic E-state index is 0.631. The van der Waals surface area contributed by atoms with E-state index in [0.717, 1.165) is 28.9 Å². The molecular weight excluding hydrogens is 238 g/mol. The Morgan fingerprint density at radius 1 is 1.44 bits per heavy atom. The normalized spacial score (nSPS) is 12.9. The van der Waals surface area contributed by atoms with Gasteiger partial charge >= 0.3 is 0 Å². The molecule has 0 aliphatic heterocycles. The first-order valence-corrected chi connectivity index (χ1v) is 7.70. The Balaban J connectivity index is 2.11. The largest absolute Gasteiger partial charge is 0.313 e. The first-order valence-electron chi connectivity index (χ1n) is 5.95. The molecule has 5 heteroatoms. The first kappa shape index (κ1) is 13.9. The van der Waals surface area contributed by atoms with Gasteiger partial charge in [-0.2, -0.15) is 4.37 Å². The molecule has 0 saturated heterocycles. The second kappa shape index (κ2) is 8.03. The van der Waals surface area contributed by atoms with Crippen LogP contribution in [-0.4, -0.2) is 27.7 Å². The lowest BCUT2D eigenvalue weighted by Gasteiger charge is -2.11. The van der Waals surface area contributed by atoms with Crippen molar-refractivity contribution in [3.63, 3.8) is 0 Å². The number of nitrogens with zero attached hydrogens (tertiary/aromatic N) is 2. The third kappa shape index (κ3) is 5.27. The van der Waals surface area contributed by atoms with Gasteiger partial charge in [-0.25, -0.2) is 4.98 Å². The van der Waals surface area contributed by atoms with Crippen LogP contribution in [0.15, 0.2) is 4.34 Å². The molecule has 0 amide bonds. The average molecular weight is 259 g/mol. The molecule has 1 N–H and O–H groups in total. The van der Waals surface area contributed by atoms with Gasteiger partial charge in [0, 0.05) is 24.8 Å². The number of rotatable bonds is 8. The lowest BCUT2D eigenvalue weighted by Crippen LogP contribution is -2.27. The van der Waals surface area contributed by atoms with Crippen LogP contribution in [0.2, 0.25) is 0 Å². The quantitative estimate of drug-likeness (QED) is 0.575. The average Bonchev–Trinajstić information content (AvgIpc) is 2.73. The molecule has 0 bridgehead atoms. The van der Waals surface area contributed by atoms with Crippen molar-refractivity contribution in [3.8, 4) is 0 Å². The number of nitrogens with one attached hydrogen (secondary N) is 1. The molecular formula is C11H21N3S2. The summed E-state index contributed by atoms with van der Waals surface area (Å²) in [5.41, 5.74) is 0. The smallest absolute Gasteiger partial charge is 0.170 e. The van der Waals surface area contributed by atoms with E-state index in [4.69, 9.17) is 0 Å². The fourth-order valence-electron chi connectivity index (χ4n) is 1.42. The summed E-state index contributed by atoms with van der Waals surface area (Å²) in [6.45, 7) is 7.60. The molecule has 0 aliphatic carbocycles. The second-order valence-corrected chi connectivity index (χ2v) is 5.92. The molecule has 0 aliphatic rings. The molecule has 1 rings (SSSR count). The van der Waals surface area contributed by atoms with Gasteiger partial charge in [0.1, 0.15) is 5.82 Å². The molecule has 1 unspecified atom stereocenters. The van der Waals surface area contributed by atoms with Gasteiger partial charge in [0.25, 0.3) is 0 Å². The topological polar surface area (TPSA) is 37.8 Å². The molecule has 1 aromatic heterocycles. The summed E-state index contributed by atoms with van der Waals surface area (Å²) >= 11 is 3.32. The minimum absolute atomic E-state index is 0.631. The minimum Gasteiger partial charge on any atom is -0.313 e. The Bertz CT molecular complexity index is 289. The van der Waals surface area contributed by atoms with Gasteiger partial charge in [0.15, 0.2) is 4.34 Å². The van der Waals surface area contributed by atoms with Crippen LogP contribution in [0.1, 0.15) is 39.4 Å². The summed E-state index contributed by atoms with van der Waals surface area (Å²) in [5, 5.41) is 3.51. The zero-order chi connectivity index (χ0) is 11.8. The van der Waals surface area contributed by atoms with E-state index in [1.54, 1.807) is 11.8 Å². The van der Waals surface area contributed by atoms with Crippen molar-refractivity contribution in [3.05, 3.63) is 5.82 Å². The van der Waals surface area contributed by atoms with E-state index in [2.05, 4.69) is 35.4 Å². The Morgan fingerprint density at radius 2 is 2.25 bits per heavy atom. The van der Waals surface area contributed by atoms with Gasteiger partial charge in [0.2, 0.25) is 0 Å². The van der Waals surface area contributed by atoms with Crippen LogP contribution in [0.4, 0.5) is 0 Å². The van der Waals surface area contributed by atoms with Gasteiger partial charge in [0.05, 0.1) is 0 Å². The van der Waals surface area contributed by atoms with Crippen LogP contribution < -0.4 is 5.32 Å². The Kier molecular flexibility index (Phi) is 7.00. The molecule has 0 fully saturated rings. The molecule has 0 radical (unpaired) electrons.